The molecule has 0 aliphatic carbocycles. The number of hydrogen-bond acceptors (Lipinski definition) is 4. The van der Waals surface area contributed by atoms with Crippen LogP contribution in [0.3, 0.4) is 0 Å². The van der Waals surface area contributed by atoms with E-state index in [4.69, 9.17) is 9.84 Å². The van der Waals surface area contributed by atoms with Crippen LogP contribution in [0.25, 0.3) is 0 Å². The number of likely N-dealkylation sites (N-methyl/N-ethyl adjacent to an activating group) is 1. The van der Waals surface area contributed by atoms with Crippen molar-refractivity contribution in [3.63, 3.8) is 0 Å². The predicted octanol–water partition coefficient (Wildman–Crippen LogP) is 1.54. The highest BCUT2D eigenvalue weighted by molar-refractivity contribution is 5.95. The molecule has 0 aromatic carbocycles. The van der Waals surface area contributed by atoms with Crippen LogP contribution in [0, 0.1) is 13.8 Å². The number of carboxylic acid groups (broad SMARTS) is 1. The lowest BCUT2D eigenvalue weighted by Crippen LogP contribution is -2.49. The highest BCUT2D eigenvalue weighted by Crippen LogP contribution is 2.22. The Bertz CT molecular complexity index is 639. The molecule has 1 aromatic rings. The smallest absolute Gasteiger partial charge is 0.317 e. The zero-order valence-corrected chi connectivity index (χ0v) is 15.8. The molecule has 0 spiro atoms. The molecule has 7 nitrogen and oxygen atoms in total. The molecule has 1 N–H and O–H groups in total. The summed E-state index contributed by atoms with van der Waals surface area (Å²) in [5.41, 5.74) is 2.82. The number of morpholine rings is 1. The minimum absolute atomic E-state index is 0.0224. The summed E-state index contributed by atoms with van der Waals surface area (Å²) in [6.45, 7) is 10.2. The number of rotatable bonds is 6. The van der Waals surface area contributed by atoms with Crippen LogP contribution in [-0.2, 0) is 9.53 Å². The lowest BCUT2D eigenvalue weighted by atomic mass is 10.1. The maximum absolute atomic E-state index is 13.0. The monoisotopic (exact) mass is 351 g/mol. The summed E-state index contributed by atoms with van der Waals surface area (Å²) in [5.74, 6) is -0.846. The number of aryl methyl sites for hydroxylation is 1. The molecule has 1 aliphatic rings. The van der Waals surface area contributed by atoms with E-state index in [2.05, 4.69) is 18.4 Å². The van der Waals surface area contributed by atoms with Gasteiger partial charge in [-0.25, -0.2) is 0 Å². The number of carboxylic acids is 1. The first-order chi connectivity index (χ1) is 11.7. The van der Waals surface area contributed by atoms with Crippen LogP contribution in [0.4, 0.5) is 0 Å². The van der Waals surface area contributed by atoms with E-state index in [9.17, 15) is 9.59 Å². The van der Waals surface area contributed by atoms with Gasteiger partial charge in [-0.1, -0.05) is 0 Å². The van der Waals surface area contributed by atoms with Gasteiger partial charge in [0, 0.05) is 37.1 Å². The van der Waals surface area contributed by atoms with Gasteiger partial charge in [0.05, 0.1) is 24.8 Å². The first kappa shape index (κ1) is 19.5. The molecule has 0 radical (unpaired) electrons. The van der Waals surface area contributed by atoms with E-state index in [1.165, 1.54) is 0 Å². The maximum Gasteiger partial charge on any atom is 0.317 e. The minimum atomic E-state index is -0.868. The molecule has 7 heteroatoms. The fraction of sp³-hybridized carbons (Fsp3) is 0.667. The number of amides is 1. The van der Waals surface area contributed by atoms with Gasteiger partial charge in [-0.05, 0) is 40.8 Å². The van der Waals surface area contributed by atoms with Crippen molar-refractivity contribution in [1.82, 2.24) is 14.4 Å². The SMILES string of the molecule is Cc1cc(C(=O)N2CCO[C@H](CN(C)CC(=O)O)C2)c(C)n1C(C)C. The van der Waals surface area contributed by atoms with Crippen LogP contribution in [-0.4, -0.2) is 77.3 Å². The lowest BCUT2D eigenvalue weighted by Gasteiger charge is -2.34. The van der Waals surface area contributed by atoms with Crippen molar-refractivity contribution in [2.75, 3.05) is 39.8 Å². The summed E-state index contributed by atoms with van der Waals surface area (Å²) in [4.78, 5) is 27.3. The van der Waals surface area contributed by atoms with Crippen LogP contribution < -0.4 is 0 Å². The number of hydrogen-bond donors (Lipinski definition) is 1. The fourth-order valence-electron chi connectivity index (χ4n) is 3.62. The van der Waals surface area contributed by atoms with Crippen LogP contribution in [0.5, 0.6) is 0 Å². The zero-order valence-electron chi connectivity index (χ0n) is 15.8. The van der Waals surface area contributed by atoms with Gasteiger partial charge in [0.1, 0.15) is 0 Å². The normalized spacial score (nSPS) is 18.2. The van der Waals surface area contributed by atoms with Gasteiger partial charge in [0.2, 0.25) is 0 Å². The molecule has 0 bridgehead atoms. The Hall–Kier alpha value is -1.86. The molecule has 0 unspecified atom stereocenters. The van der Waals surface area contributed by atoms with E-state index >= 15 is 0 Å². The molecule has 140 valence electrons. The molecule has 1 aliphatic heterocycles. The van der Waals surface area contributed by atoms with Crippen molar-refractivity contribution in [1.29, 1.82) is 0 Å². The molecule has 0 saturated carbocycles. The van der Waals surface area contributed by atoms with Crippen LogP contribution >= 0.6 is 0 Å². The van der Waals surface area contributed by atoms with Gasteiger partial charge in [0.15, 0.2) is 0 Å². The van der Waals surface area contributed by atoms with Crippen LogP contribution in [0.15, 0.2) is 6.07 Å². The van der Waals surface area contributed by atoms with E-state index in [-0.39, 0.29) is 18.6 Å². The van der Waals surface area contributed by atoms with Crippen LogP contribution in [0.1, 0.15) is 41.6 Å². The minimum Gasteiger partial charge on any atom is -0.480 e. The molecule has 1 aromatic heterocycles. The number of ether oxygens (including phenoxy) is 1. The summed E-state index contributed by atoms with van der Waals surface area (Å²) in [6.07, 6.45) is -0.171. The summed E-state index contributed by atoms with van der Waals surface area (Å²) in [6, 6.07) is 2.27. The highest BCUT2D eigenvalue weighted by atomic mass is 16.5. The zero-order chi connectivity index (χ0) is 18.7. The largest absolute Gasteiger partial charge is 0.480 e. The molecule has 25 heavy (non-hydrogen) atoms. The Morgan fingerprint density at radius 3 is 2.64 bits per heavy atom. The third-order valence-electron chi connectivity index (χ3n) is 4.58. The Labute approximate surface area is 149 Å². The lowest BCUT2D eigenvalue weighted by molar-refractivity contribution is -0.138. The summed E-state index contributed by atoms with van der Waals surface area (Å²) in [7, 11) is 1.74. The second-order valence-electron chi connectivity index (χ2n) is 7.08. The molecule has 1 fully saturated rings. The molecule has 2 rings (SSSR count). The van der Waals surface area contributed by atoms with Gasteiger partial charge in [-0.2, -0.15) is 0 Å². The van der Waals surface area contributed by atoms with E-state index in [1.54, 1.807) is 11.9 Å². The second kappa shape index (κ2) is 8.01. The number of nitrogens with zero attached hydrogens (tertiary/aromatic N) is 3. The topological polar surface area (TPSA) is 75.0 Å². The molecular formula is C18H29N3O4. The third-order valence-corrected chi connectivity index (χ3v) is 4.58. The second-order valence-corrected chi connectivity index (χ2v) is 7.08. The predicted molar refractivity (Wildman–Crippen MR) is 95.1 cm³/mol. The Kier molecular flexibility index (Phi) is 6.24. The van der Waals surface area contributed by atoms with Gasteiger partial charge in [0.25, 0.3) is 5.91 Å². The first-order valence-corrected chi connectivity index (χ1v) is 8.70. The van der Waals surface area contributed by atoms with Crippen molar-refractivity contribution < 1.29 is 19.4 Å². The average molecular weight is 351 g/mol. The molecule has 1 amide bonds. The molecule has 1 atom stereocenters. The molecule has 2 heterocycles. The quantitative estimate of drug-likeness (QED) is 0.841. The van der Waals surface area contributed by atoms with Crippen LogP contribution in [0.2, 0.25) is 0 Å². The average Bonchev–Trinajstić information content (AvgIpc) is 2.80. The fourth-order valence-corrected chi connectivity index (χ4v) is 3.62. The summed E-state index contributed by atoms with van der Waals surface area (Å²) in [5, 5.41) is 8.86. The Morgan fingerprint density at radius 1 is 1.40 bits per heavy atom. The molecule has 1 saturated heterocycles. The molecular weight excluding hydrogens is 322 g/mol. The number of carbonyl (C=O) groups is 2. The summed E-state index contributed by atoms with van der Waals surface area (Å²) < 4.78 is 7.88. The first-order valence-electron chi connectivity index (χ1n) is 8.70. The Balaban J connectivity index is 2.07. The van der Waals surface area contributed by atoms with Gasteiger partial charge < -0.3 is 19.3 Å². The van der Waals surface area contributed by atoms with Crippen molar-refractivity contribution in [2.45, 2.75) is 39.8 Å². The van der Waals surface area contributed by atoms with E-state index < -0.39 is 5.97 Å². The van der Waals surface area contributed by atoms with Crippen molar-refractivity contribution >= 4 is 11.9 Å². The van der Waals surface area contributed by atoms with E-state index in [0.717, 1.165) is 17.0 Å². The van der Waals surface area contributed by atoms with Gasteiger partial charge >= 0.3 is 5.97 Å². The Morgan fingerprint density at radius 2 is 2.08 bits per heavy atom. The van der Waals surface area contributed by atoms with E-state index in [0.29, 0.717) is 32.3 Å². The summed E-state index contributed by atoms with van der Waals surface area (Å²) >= 11 is 0. The van der Waals surface area contributed by atoms with Crippen molar-refractivity contribution in [3.05, 3.63) is 23.0 Å². The number of aromatic nitrogens is 1. The highest BCUT2D eigenvalue weighted by Gasteiger charge is 2.28. The van der Waals surface area contributed by atoms with Crippen molar-refractivity contribution in [2.24, 2.45) is 0 Å². The number of carbonyl (C=O) groups excluding carboxylic acids is 1. The maximum atomic E-state index is 13.0. The van der Waals surface area contributed by atoms with Crippen molar-refractivity contribution in [3.8, 4) is 0 Å². The standard InChI is InChI=1S/C18H29N3O4/c1-12(2)21-13(3)8-16(14(21)4)18(24)20-6-7-25-15(10-20)9-19(5)11-17(22)23/h8,12,15H,6-7,9-11H2,1-5H3,(H,22,23)/t15-/m1/s1. The number of aliphatic carboxylic acids is 1. The third kappa shape index (κ3) is 4.61. The van der Waals surface area contributed by atoms with Gasteiger partial charge in [-0.3, -0.25) is 14.5 Å². The van der Waals surface area contributed by atoms with E-state index in [1.807, 2.05) is 24.8 Å². The van der Waals surface area contributed by atoms with Gasteiger partial charge in [-0.15, -0.1) is 0 Å².